The Kier molecular flexibility index (Phi) is 4.13. The minimum atomic E-state index is -0.504. The van der Waals surface area contributed by atoms with Crippen molar-refractivity contribution in [2.75, 3.05) is 5.32 Å². The molecular formula is C15H16N4O3. The topological polar surface area (TPSA) is 90.2 Å². The number of nitrogens with one attached hydrogen (secondary N) is 1. The maximum atomic E-state index is 11.4. The first-order valence-electron chi connectivity index (χ1n) is 7.23. The van der Waals surface area contributed by atoms with E-state index in [2.05, 4.69) is 15.3 Å². The van der Waals surface area contributed by atoms with E-state index >= 15 is 0 Å². The lowest BCUT2D eigenvalue weighted by Crippen LogP contribution is -2.17. The van der Waals surface area contributed by atoms with Gasteiger partial charge in [0.25, 0.3) is 0 Å². The summed E-state index contributed by atoms with van der Waals surface area (Å²) in [5, 5.41) is 14.6. The molecule has 1 aromatic heterocycles. The molecule has 0 unspecified atom stereocenters. The Labute approximate surface area is 127 Å². The van der Waals surface area contributed by atoms with Gasteiger partial charge in [0.2, 0.25) is 5.82 Å². The SMILES string of the molecule is O=[N+]([O-])c1c(NC2CCCC2)ncnc1Oc1ccccc1. The second-order valence-corrected chi connectivity index (χ2v) is 5.17. The van der Waals surface area contributed by atoms with E-state index < -0.39 is 4.92 Å². The monoisotopic (exact) mass is 300 g/mol. The number of para-hydroxylation sites is 1. The van der Waals surface area contributed by atoms with E-state index in [1.807, 2.05) is 6.07 Å². The third kappa shape index (κ3) is 3.13. The molecule has 1 aliphatic rings. The summed E-state index contributed by atoms with van der Waals surface area (Å²) >= 11 is 0. The number of anilines is 1. The van der Waals surface area contributed by atoms with Crippen LogP contribution in [0.2, 0.25) is 0 Å². The zero-order valence-electron chi connectivity index (χ0n) is 11.9. The van der Waals surface area contributed by atoms with Gasteiger partial charge in [0.1, 0.15) is 12.1 Å². The van der Waals surface area contributed by atoms with E-state index in [0.717, 1.165) is 25.7 Å². The lowest BCUT2D eigenvalue weighted by Gasteiger charge is -2.13. The standard InChI is InChI=1S/C15H16N4O3/c20-19(21)13-14(18-11-6-4-5-7-11)16-10-17-15(13)22-12-8-2-1-3-9-12/h1-3,8-11H,4-7H2,(H,16,17,18). The maximum absolute atomic E-state index is 11.4. The van der Waals surface area contributed by atoms with Crippen molar-refractivity contribution in [2.45, 2.75) is 31.7 Å². The van der Waals surface area contributed by atoms with Crippen LogP contribution in [0.15, 0.2) is 36.7 Å². The Morgan fingerprint density at radius 2 is 1.91 bits per heavy atom. The van der Waals surface area contributed by atoms with Gasteiger partial charge in [-0.15, -0.1) is 0 Å². The van der Waals surface area contributed by atoms with Crippen LogP contribution < -0.4 is 10.1 Å². The van der Waals surface area contributed by atoms with Gasteiger partial charge in [0, 0.05) is 6.04 Å². The predicted octanol–water partition coefficient (Wildman–Crippen LogP) is 3.53. The highest BCUT2D eigenvalue weighted by atomic mass is 16.6. The second-order valence-electron chi connectivity index (χ2n) is 5.17. The Bertz CT molecular complexity index is 657. The third-order valence-electron chi connectivity index (χ3n) is 3.63. The number of benzene rings is 1. The van der Waals surface area contributed by atoms with Crippen molar-refractivity contribution >= 4 is 11.5 Å². The highest BCUT2D eigenvalue weighted by Gasteiger charge is 2.27. The number of aromatic nitrogens is 2. The summed E-state index contributed by atoms with van der Waals surface area (Å²) in [6, 6.07) is 9.08. The third-order valence-corrected chi connectivity index (χ3v) is 3.63. The summed E-state index contributed by atoms with van der Waals surface area (Å²) in [5.74, 6) is 0.667. The van der Waals surface area contributed by atoms with Gasteiger partial charge in [-0.2, -0.15) is 4.98 Å². The molecular weight excluding hydrogens is 284 g/mol. The van der Waals surface area contributed by atoms with Crippen LogP contribution in [-0.4, -0.2) is 20.9 Å². The minimum Gasteiger partial charge on any atom is -0.434 e. The molecule has 1 aromatic carbocycles. The first-order chi connectivity index (χ1) is 10.7. The van der Waals surface area contributed by atoms with Crippen molar-refractivity contribution in [2.24, 2.45) is 0 Å². The first-order valence-corrected chi connectivity index (χ1v) is 7.23. The van der Waals surface area contributed by atoms with Crippen LogP contribution in [0.4, 0.5) is 11.5 Å². The second kappa shape index (κ2) is 6.38. The zero-order chi connectivity index (χ0) is 15.4. The molecule has 22 heavy (non-hydrogen) atoms. The van der Waals surface area contributed by atoms with Crippen molar-refractivity contribution in [1.82, 2.24) is 9.97 Å². The largest absolute Gasteiger partial charge is 0.434 e. The van der Waals surface area contributed by atoms with Gasteiger partial charge in [-0.05, 0) is 25.0 Å². The number of hydrogen-bond acceptors (Lipinski definition) is 6. The predicted molar refractivity (Wildman–Crippen MR) is 81.1 cm³/mol. The van der Waals surface area contributed by atoms with Gasteiger partial charge >= 0.3 is 11.6 Å². The number of hydrogen-bond donors (Lipinski definition) is 1. The molecule has 1 heterocycles. The Morgan fingerprint density at radius 3 is 2.59 bits per heavy atom. The number of nitrogens with zero attached hydrogens (tertiary/aromatic N) is 3. The van der Waals surface area contributed by atoms with E-state index in [-0.39, 0.29) is 23.4 Å². The fraction of sp³-hybridized carbons (Fsp3) is 0.333. The molecule has 0 atom stereocenters. The maximum Gasteiger partial charge on any atom is 0.373 e. The Morgan fingerprint density at radius 1 is 1.18 bits per heavy atom. The molecule has 0 spiro atoms. The van der Waals surface area contributed by atoms with Crippen molar-refractivity contribution in [3.8, 4) is 11.6 Å². The molecule has 0 bridgehead atoms. The molecule has 0 radical (unpaired) electrons. The van der Waals surface area contributed by atoms with Crippen molar-refractivity contribution in [1.29, 1.82) is 0 Å². The summed E-state index contributed by atoms with van der Waals surface area (Å²) in [7, 11) is 0. The minimum absolute atomic E-state index is 0.0494. The average Bonchev–Trinajstić information content (AvgIpc) is 3.01. The van der Waals surface area contributed by atoms with Gasteiger partial charge in [-0.1, -0.05) is 31.0 Å². The molecule has 1 N–H and O–H groups in total. The molecule has 0 aliphatic heterocycles. The van der Waals surface area contributed by atoms with Crippen LogP contribution in [0.1, 0.15) is 25.7 Å². The van der Waals surface area contributed by atoms with Crippen molar-refractivity contribution in [3.05, 3.63) is 46.8 Å². The summed E-state index contributed by atoms with van der Waals surface area (Å²) in [4.78, 5) is 18.8. The number of ether oxygens (including phenoxy) is 1. The van der Waals surface area contributed by atoms with Crippen LogP contribution >= 0.6 is 0 Å². The van der Waals surface area contributed by atoms with Crippen LogP contribution in [0.3, 0.4) is 0 Å². The smallest absolute Gasteiger partial charge is 0.373 e. The summed E-state index contributed by atoms with van der Waals surface area (Å²) in [5.41, 5.74) is -0.224. The highest BCUT2D eigenvalue weighted by Crippen LogP contribution is 2.35. The zero-order valence-corrected chi connectivity index (χ0v) is 11.9. The normalized spacial score (nSPS) is 14.7. The fourth-order valence-electron chi connectivity index (χ4n) is 2.57. The molecule has 1 saturated carbocycles. The molecule has 114 valence electrons. The molecule has 1 aliphatic carbocycles. The Hall–Kier alpha value is -2.70. The fourth-order valence-corrected chi connectivity index (χ4v) is 2.57. The van der Waals surface area contributed by atoms with E-state index in [1.54, 1.807) is 24.3 Å². The van der Waals surface area contributed by atoms with Crippen LogP contribution in [0, 0.1) is 10.1 Å². The van der Waals surface area contributed by atoms with Gasteiger partial charge < -0.3 is 10.1 Å². The van der Waals surface area contributed by atoms with E-state index in [0.29, 0.717) is 5.75 Å². The summed E-state index contributed by atoms with van der Waals surface area (Å²) in [6.07, 6.45) is 5.53. The molecule has 2 aromatic rings. The quantitative estimate of drug-likeness (QED) is 0.671. The molecule has 3 rings (SSSR count). The molecule has 1 fully saturated rings. The molecule has 0 amide bonds. The van der Waals surface area contributed by atoms with Crippen LogP contribution in [0.25, 0.3) is 0 Å². The van der Waals surface area contributed by atoms with Crippen molar-refractivity contribution < 1.29 is 9.66 Å². The van der Waals surface area contributed by atoms with Gasteiger partial charge in [-0.25, -0.2) is 4.98 Å². The van der Waals surface area contributed by atoms with Gasteiger partial charge in [0.05, 0.1) is 4.92 Å². The van der Waals surface area contributed by atoms with E-state index in [4.69, 9.17) is 4.74 Å². The van der Waals surface area contributed by atoms with E-state index in [1.165, 1.54) is 6.33 Å². The van der Waals surface area contributed by atoms with Gasteiger partial charge in [-0.3, -0.25) is 10.1 Å². The average molecular weight is 300 g/mol. The van der Waals surface area contributed by atoms with Crippen LogP contribution in [0.5, 0.6) is 11.6 Å². The first kappa shape index (κ1) is 14.2. The van der Waals surface area contributed by atoms with E-state index in [9.17, 15) is 10.1 Å². The van der Waals surface area contributed by atoms with Gasteiger partial charge in [0.15, 0.2) is 0 Å². The number of rotatable bonds is 5. The summed E-state index contributed by atoms with van der Waals surface area (Å²) in [6.45, 7) is 0. The Balaban J connectivity index is 1.90. The molecule has 0 saturated heterocycles. The highest BCUT2D eigenvalue weighted by molar-refractivity contribution is 5.62. The lowest BCUT2D eigenvalue weighted by molar-refractivity contribution is -0.385. The molecule has 7 nitrogen and oxygen atoms in total. The summed E-state index contributed by atoms with van der Waals surface area (Å²) < 4.78 is 5.54. The number of nitro groups is 1. The molecule has 7 heteroatoms. The van der Waals surface area contributed by atoms with Crippen LogP contribution in [-0.2, 0) is 0 Å². The lowest BCUT2D eigenvalue weighted by atomic mass is 10.2. The van der Waals surface area contributed by atoms with Crippen molar-refractivity contribution in [3.63, 3.8) is 0 Å².